The number of nitrogens with zero attached hydrogens (tertiary/aromatic N) is 4. The molecule has 1 aromatic carbocycles. The Morgan fingerprint density at radius 1 is 1.25 bits per heavy atom. The van der Waals surface area contributed by atoms with Gasteiger partial charge in [0.05, 0.1) is 18.9 Å². The van der Waals surface area contributed by atoms with E-state index >= 15 is 0 Å². The summed E-state index contributed by atoms with van der Waals surface area (Å²) in [4.78, 5) is 36.9. The van der Waals surface area contributed by atoms with Crippen molar-refractivity contribution in [3.63, 3.8) is 0 Å². The number of hydrazone groups is 1. The molecule has 0 bridgehead atoms. The highest BCUT2D eigenvalue weighted by Crippen LogP contribution is 2.34. The van der Waals surface area contributed by atoms with Crippen LogP contribution in [0.15, 0.2) is 39.0 Å². The SMILES string of the molecule is COc1ccc([C@@H]2CC(c3c(O)n(C)c(=O)n(C)c3=O)=NN2C(=O)CCl)cc1. The molecule has 1 aliphatic rings. The topological polar surface area (TPSA) is 106 Å². The van der Waals surface area contributed by atoms with Gasteiger partial charge >= 0.3 is 5.69 Å². The van der Waals surface area contributed by atoms with Crippen LogP contribution < -0.4 is 16.0 Å². The van der Waals surface area contributed by atoms with E-state index in [1.54, 1.807) is 31.4 Å². The average molecular weight is 407 g/mol. The van der Waals surface area contributed by atoms with Crippen molar-refractivity contribution >= 4 is 23.2 Å². The van der Waals surface area contributed by atoms with E-state index in [4.69, 9.17) is 16.3 Å². The molecule has 0 aliphatic carbocycles. The average Bonchev–Trinajstić information content (AvgIpc) is 3.15. The number of alkyl halides is 1. The lowest BCUT2D eigenvalue weighted by molar-refractivity contribution is -0.130. The Bertz CT molecular complexity index is 1070. The number of aromatic nitrogens is 2. The smallest absolute Gasteiger partial charge is 0.333 e. The Hall–Kier alpha value is -3.07. The van der Waals surface area contributed by atoms with Gasteiger partial charge in [0.1, 0.15) is 17.2 Å². The van der Waals surface area contributed by atoms with Gasteiger partial charge in [0.25, 0.3) is 11.5 Å². The second-order valence-corrected chi connectivity index (χ2v) is 6.58. The third kappa shape index (κ3) is 3.18. The van der Waals surface area contributed by atoms with Gasteiger partial charge in [0.15, 0.2) is 0 Å². The lowest BCUT2D eigenvalue weighted by atomic mass is 9.99. The van der Waals surface area contributed by atoms with Crippen LogP contribution in [-0.4, -0.2) is 43.9 Å². The number of carbonyl (C=O) groups is 1. The van der Waals surface area contributed by atoms with E-state index in [-0.39, 0.29) is 23.6 Å². The lowest BCUT2D eigenvalue weighted by Gasteiger charge is -2.21. The molecular formula is C18H19ClN4O5. The van der Waals surface area contributed by atoms with Crippen LogP contribution in [0, 0.1) is 0 Å². The van der Waals surface area contributed by atoms with Gasteiger partial charge in [-0.2, -0.15) is 5.10 Å². The van der Waals surface area contributed by atoms with E-state index in [2.05, 4.69) is 5.10 Å². The van der Waals surface area contributed by atoms with Crippen molar-refractivity contribution in [2.45, 2.75) is 12.5 Å². The van der Waals surface area contributed by atoms with Crippen molar-refractivity contribution in [2.75, 3.05) is 13.0 Å². The molecule has 0 spiro atoms. The molecule has 9 nitrogen and oxygen atoms in total. The molecule has 10 heteroatoms. The number of rotatable bonds is 4. The normalized spacial score (nSPS) is 16.2. The highest BCUT2D eigenvalue weighted by molar-refractivity contribution is 6.27. The molecule has 0 radical (unpaired) electrons. The van der Waals surface area contributed by atoms with E-state index in [0.29, 0.717) is 5.75 Å². The molecule has 0 saturated carbocycles. The molecule has 1 N–H and O–H groups in total. The van der Waals surface area contributed by atoms with Crippen molar-refractivity contribution < 1.29 is 14.6 Å². The van der Waals surface area contributed by atoms with Crippen molar-refractivity contribution in [3.05, 3.63) is 56.2 Å². The number of benzene rings is 1. The monoisotopic (exact) mass is 406 g/mol. The van der Waals surface area contributed by atoms with Crippen LogP contribution in [0.1, 0.15) is 23.6 Å². The van der Waals surface area contributed by atoms with Crippen molar-refractivity contribution in [1.29, 1.82) is 0 Å². The van der Waals surface area contributed by atoms with Crippen LogP contribution in [0.25, 0.3) is 0 Å². The molecule has 148 valence electrons. The highest BCUT2D eigenvalue weighted by atomic mass is 35.5. The first kappa shape index (κ1) is 19.7. The van der Waals surface area contributed by atoms with Crippen LogP contribution in [-0.2, 0) is 18.9 Å². The quantitative estimate of drug-likeness (QED) is 0.753. The molecule has 2 aromatic rings. The lowest BCUT2D eigenvalue weighted by Crippen LogP contribution is -2.39. The van der Waals surface area contributed by atoms with Gasteiger partial charge in [-0.15, -0.1) is 11.6 Å². The first-order valence-corrected chi connectivity index (χ1v) is 8.92. The Kier molecular flexibility index (Phi) is 5.28. The zero-order valence-electron chi connectivity index (χ0n) is 15.5. The number of amides is 1. The molecule has 2 heterocycles. The molecule has 0 unspecified atom stereocenters. The van der Waals surface area contributed by atoms with Gasteiger partial charge in [-0.1, -0.05) is 12.1 Å². The molecule has 1 atom stereocenters. The number of carbonyl (C=O) groups excluding carboxylic acids is 1. The van der Waals surface area contributed by atoms with Crippen molar-refractivity contribution in [2.24, 2.45) is 19.2 Å². The van der Waals surface area contributed by atoms with Crippen LogP contribution in [0.5, 0.6) is 11.6 Å². The van der Waals surface area contributed by atoms with Gasteiger partial charge < -0.3 is 9.84 Å². The summed E-state index contributed by atoms with van der Waals surface area (Å²) in [6.07, 6.45) is 0.177. The summed E-state index contributed by atoms with van der Waals surface area (Å²) >= 11 is 5.72. The maximum Gasteiger partial charge on any atom is 0.333 e. The first-order valence-electron chi connectivity index (χ1n) is 8.39. The second-order valence-electron chi connectivity index (χ2n) is 6.32. The number of ether oxygens (including phenoxy) is 1. The molecule has 1 aromatic heterocycles. The third-order valence-corrected chi connectivity index (χ3v) is 4.93. The molecular weight excluding hydrogens is 388 g/mol. The van der Waals surface area contributed by atoms with Crippen LogP contribution in [0.3, 0.4) is 0 Å². The number of halogens is 1. The van der Waals surface area contributed by atoms with Crippen LogP contribution >= 0.6 is 11.6 Å². The minimum atomic E-state index is -0.687. The predicted octanol–water partition coefficient (Wildman–Crippen LogP) is 0.715. The van der Waals surface area contributed by atoms with Gasteiger partial charge in [0.2, 0.25) is 5.88 Å². The summed E-state index contributed by atoms with van der Waals surface area (Å²) in [6, 6.07) is 6.57. The van der Waals surface area contributed by atoms with Gasteiger partial charge in [-0.05, 0) is 17.7 Å². The summed E-state index contributed by atoms with van der Waals surface area (Å²) < 4.78 is 6.98. The van der Waals surface area contributed by atoms with Crippen LogP contribution in [0.4, 0.5) is 0 Å². The maximum absolute atomic E-state index is 12.6. The fraction of sp³-hybridized carbons (Fsp3) is 0.333. The molecule has 0 saturated heterocycles. The highest BCUT2D eigenvalue weighted by Gasteiger charge is 2.35. The standard InChI is InChI=1S/C18H19ClN4O5/c1-21-16(25)15(17(26)22(2)18(21)27)12-8-13(23(20-12)14(24)9-19)10-4-6-11(28-3)7-5-10/h4-7,13,25H,8-9H2,1-3H3/t13-/m0/s1. The molecule has 28 heavy (non-hydrogen) atoms. The van der Waals surface area contributed by atoms with E-state index in [1.165, 1.54) is 19.1 Å². The number of methoxy groups -OCH3 is 1. The number of aromatic hydroxyl groups is 1. The van der Waals surface area contributed by atoms with Gasteiger partial charge in [0, 0.05) is 20.5 Å². The van der Waals surface area contributed by atoms with Crippen molar-refractivity contribution in [1.82, 2.24) is 14.1 Å². The fourth-order valence-electron chi connectivity index (χ4n) is 3.12. The molecule has 1 aliphatic heterocycles. The summed E-state index contributed by atoms with van der Waals surface area (Å²) in [5.41, 5.74) is -0.502. The fourth-order valence-corrected chi connectivity index (χ4v) is 3.25. The third-order valence-electron chi connectivity index (χ3n) is 4.70. The Labute approximate surface area is 165 Å². The van der Waals surface area contributed by atoms with E-state index in [0.717, 1.165) is 14.7 Å². The Balaban J connectivity index is 2.10. The zero-order chi connectivity index (χ0) is 20.6. The molecule has 1 amide bonds. The maximum atomic E-state index is 12.6. The minimum absolute atomic E-state index is 0.118. The van der Waals surface area contributed by atoms with Gasteiger partial charge in [-0.25, -0.2) is 9.80 Å². The Morgan fingerprint density at radius 3 is 2.46 bits per heavy atom. The largest absolute Gasteiger partial charge is 0.497 e. The number of hydrogen-bond donors (Lipinski definition) is 1. The van der Waals surface area contributed by atoms with Crippen molar-refractivity contribution in [3.8, 4) is 11.6 Å². The minimum Gasteiger partial charge on any atom is -0.497 e. The predicted molar refractivity (Wildman–Crippen MR) is 103 cm³/mol. The molecule has 3 rings (SSSR count). The van der Waals surface area contributed by atoms with E-state index in [1.807, 2.05) is 0 Å². The summed E-state index contributed by atoms with van der Waals surface area (Å²) in [7, 11) is 4.21. The first-order chi connectivity index (χ1) is 13.3. The summed E-state index contributed by atoms with van der Waals surface area (Å²) in [5, 5.41) is 15.8. The zero-order valence-corrected chi connectivity index (χ0v) is 16.3. The summed E-state index contributed by atoms with van der Waals surface area (Å²) in [5.74, 6) is -0.581. The van der Waals surface area contributed by atoms with E-state index in [9.17, 15) is 19.5 Å². The van der Waals surface area contributed by atoms with Gasteiger partial charge in [-0.3, -0.25) is 18.7 Å². The Morgan fingerprint density at radius 2 is 1.89 bits per heavy atom. The molecule has 0 fully saturated rings. The van der Waals surface area contributed by atoms with Crippen LogP contribution in [0.2, 0.25) is 0 Å². The van der Waals surface area contributed by atoms with E-state index < -0.39 is 29.1 Å². The second kappa shape index (κ2) is 7.51. The number of hydrogen-bond acceptors (Lipinski definition) is 6. The summed E-state index contributed by atoms with van der Waals surface area (Å²) in [6.45, 7) is 0.